The summed E-state index contributed by atoms with van der Waals surface area (Å²) < 4.78 is 56.4. The van der Waals surface area contributed by atoms with Gasteiger partial charge in [-0.1, -0.05) is 17.7 Å². The molecule has 8 nitrogen and oxygen atoms in total. The van der Waals surface area contributed by atoms with Crippen LogP contribution in [0.1, 0.15) is 28.1 Å². The summed E-state index contributed by atoms with van der Waals surface area (Å²) in [5.74, 6) is 0.0621. The van der Waals surface area contributed by atoms with Crippen molar-refractivity contribution in [1.29, 1.82) is 0 Å². The Balaban J connectivity index is 1.55. The van der Waals surface area contributed by atoms with Gasteiger partial charge in [-0.25, -0.2) is 21.6 Å². The highest BCUT2D eigenvalue weighted by molar-refractivity contribution is 7.92. The van der Waals surface area contributed by atoms with Crippen LogP contribution < -0.4 is 9.62 Å². The molecule has 1 aliphatic heterocycles. The maximum absolute atomic E-state index is 13.3. The maximum Gasteiger partial charge on any atom is 0.258 e. The third-order valence-electron chi connectivity index (χ3n) is 5.45. The molecule has 0 aliphatic carbocycles. The Bertz CT molecular complexity index is 1330. The first kappa shape index (κ1) is 23.2. The van der Waals surface area contributed by atoms with E-state index in [-0.39, 0.29) is 35.3 Å². The smallest absolute Gasteiger partial charge is 0.258 e. The number of nitrogens with zero attached hydrogens (tertiary/aromatic N) is 1. The van der Waals surface area contributed by atoms with Crippen LogP contribution in [0, 0.1) is 6.92 Å². The molecule has 0 unspecified atom stereocenters. The van der Waals surface area contributed by atoms with Crippen molar-refractivity contribution in [2.24, 2.45) is 0 Å². The third kappa shape index (κ3) is 5.52. The lowest BCUT2D eigenvalue weighted by Crippen LogP contribution is -2.35. The Labute approximate surface area is 193 Å². The molecule has 0 spiro atoms. The lowest BCUT2D eigenvalue weighted by Gasteiger charge is -2.22. The maximum atomic E-state index is 13.3. The van der Waals surface area contributed by atoms with Crippen molar-refractivity contribution in [2.75, 3.05) is 16.4 Å². The van der Waals surface area contributed by atoms with Crippen molar-refractivity contribution in [3.05, 3.63) is 83.8 Å². The molecule has 0 bridgehead atoms. The summed E-state index contributed by atoms with van der Waals surface area (Å²) in [4.78, 5) is 14.8. The summed E-state index contributed by atoms with van der Waals surface area (Å²) in [6.07, 6.45) is 1.78. The Kier molecular flexibility index (Phi) is 6.42. The molecule has 1 aromatic heterocycles. The minimum atomic E-state index is -3.91. The molecular formula is C23H24N2O6S2. The molecule has 33 heavy (non-hydrogen) atoms. The first-order valence-electron chi connectivity index (χ1n) is 10.4. The average molecular weight is 489 g/mol. The molecule has 3 aromatic rings. The molecule has 1 amide bonds. The van der Waals surface area contributed by atoms with E-state index < -0.39 is 25.9 Å². The molecule has 1 saturated heterocycles. The van der Waals surface area contributed by atoms with Crippen LogP contribution in [0.25, 0.3) is 0 Å². The first-order valence-corrected chi connectivity index (χ1v) is 13.7. The fourth-order valence-corrected chi connectivity index (χ4v) is 6.72. The molecule has 0 saturated carbocycles. The highest BCUT2D eigenvalue weighted by Crippen LogP contribution is 2.22. The number of carbonyl (C=O) groups excluding carboxylic acids is 1. The first-order chi connectivity index (χ1) is 15.6. The van der Waals surface area contributed by atoms with Crippen molar-refractivity contribution < 1.29 is 26.0 Å². The van der Waals surface area contributed by atoms with E-state index in [0.717, 1.165) is 5.56 Å². The van der Waals surface area contributed by atoms with Gasteiger partial charge in [-0.3, -0.25) is 4.79 Å². The van der Waals surface area contributed by atoms with Crippen LogP contribution in [0.3, 0.4) is 0 Å². The van der Waals surface area contributed by atoms with E-state index in [1.807, 2.05) is 31.2 Å². The molecule has 0 radical (unpaired) electrons. The molecule has 2 aromatic carbocycles. The highest BCUT2D eigenvalue weighted by Gasteiger charge is 2.31. The van der Waals surface area contributed by atoms with Gasteiger partial charge in [0.1, 0.15) is 5.76 Å². The number of nitrogens with one attached hydrogen (secondary N) is 1. The molecule has 1 atom stereocenters. The number of benzene rings is 2. The molecule has 2 heterocycles. The summed E-state index contributed by atoms with van der Waals surface area (Å²) >= 11 is 0. The van der Waals surface area contributed by atoms with Gasteiger partial charge in [0.2, 0.25) is 10.0 Å². The Morgan fingerprint density at radius 3 is 2.36 bits per heavy atom. The summed E-state index contributed by atoms with van der Waals surface area (Å²) in [5.41, 5.74) is 2.05. The van der Waals surface area contributed by atoms with Crippen LogP contribution in [0.4, 0.5) is 5.69 Å². The van der Waals surface area contributed by atoms with Crippen LogP contribution in [-0.2, 0) is 26.4 Å². The standard InChI is InChI=1S/C23H24N2O6S2/c1-17-4-8-20(9-5-17)25(15-21-3-2-13-31-21)23(26)18-6-10-22(11-7-18)33(29,30)24-19-12-14-32(27,28)16-19/h2-11,13,19,24H,12,14-16H2,1H3/t19-/m1/s1. The number of furan rings is 1. The van der Waals surface area contributed by atoms with Crippen molar-refractivity contribution in [3.8, 4) is 0 Å². The highest BCUT2D eigenvalue weighted by atomic mass is 32.2. The fourth-order valence-electron chi connectivity index (χ4n) is 3.67. The second kappa shape index (κ2) is 9.12. The van der Waals surface area contributed by atoms with Crippen LogP contribution in [0.2, 0.25) is 0 Å². The topological polar surface area (TPSA) is 114 Å². The van der Waals surface area contributed by atoms with Crippen molar-refractivity contribution in [1.82, 2.24) is 4.72 Å². The average Bonchev–Trinajstić information content (AvgIpc) is 3.41. The number of amides is 1. The van der Waals surface area contributed by atoms with E-state index in [1.165, 1.54) is 30.5 Å². The van der Waals surface area contributed by atoms with Gasteiger partial charge in [-0.2, -0.15) is 0 Å². The largest absolute Gasteiger partial charge is 0.467 e. The summed E-state index contributed by atoms with van der Waals surface area (Å²) in [6, 6.07) is 16.0. The number of anilines is 1. The molecule has 1 aliphatic rings. The lowest BCUT2D eigenvalue weighted by molar-refractivity contribution is 0.0983. The number of sulfone groups is 1. The third-order valence-corrected chi connectivity index (χ3v) is 8.76. The Morgan fingerprint density at radius 1 is 1.09 bits per heavy atom. The van der Waals surface area contributed by atoms with Crippen molar-refractivity contribution in [2.45, 2.75) is 30.8 Å². The second-order valence-electron chi connectivity index (χ2n) is 8.05. The molecular weight excluding hydrogens is 464 g/mol. The van der Waals surface area contributed by atoms with Gasteiger partial charge in [-0.05, 0) is 61.9 Å². The SMILES string of the molecule is Cc1ccc(N(Cc2ccco2)C(=O)c2ccc(S(=O)(=O)N[C@@H]3CCS(=O)(=O)C3)cc2)cc1. The Hall–Kier alpha value is -2.95. The predicted octanol–water partition coefficient (Wildman–Crippen LogP) is 2.90. The van der Waals surface area contributed by atoms with Gasteiger partial charge in [0.15, 0.2) is 9.84 Å². The quantitative estimate of drug-likeness (QED) is 0.547. The van der Waals surface area contributed by atoms with E-state index in [1.54, 1.807) is 17.0 Å². The summed E-state index contributed by atoms with van der Waals surface area (Å²) in [7, 11) is -7.12. The fraction of sp³-hybridized carbons (Fsp3) is 0.261. The predicted molar refractivity (Wildman–Crippen MR) is 124 cm³/mol. The number of aryl methyl sites for hydroxylation is 1. The minimum Gasteiger partial charge on any atom is -0.467 e. The van der Waals surface area contributed by atoms with E-state index in [4.69, 9.17) is 4.42 Å². The molecule has 174 valence electrons. The number of hydrogen-bond acceptors (Lipinski definition) is 6. The molecule has 4 rings (SSSR count). The van der Waals surface area contributed by atoms with Crippen LogP contribution in [0.5, 0.6) is 0 Å². The second-order valence-corrected chi connectivity index (χ2v) is 12.0. The molecule has 1 N–H and O–H groups in total. The van der Waals surface area contributed by atoms with E-state index in [2.05, 4.69) is 4.72 Å². The summed E-state index contributed by atoms with van der Waals surface area (Å²) in [5, 5.41) is 0. The van der Waals surface area contributed by atoms with E-state index in [9.17, 15) is 21.6 Å². The van der Waals surface area contributed by atoms with Gasteiger partial charge in [-0.15, -0.1) is 0 Å². The zero-order valence-corrected chi connectivity index (χ0v) is 19.6. The molecule has 1 fully saturated rings. The van der Waals surface area contributed by atoms with Gasteiger partial charge >= 0.3 is 0 Å². The lowest BCUT2D eigenvalue weighted by atomic mass is 10.1. The summed E-state index contributed by atoms with van der Waals surface area (Å²) in [6.45, 7) is 2.17. The van der Waals surface area contributed by atoms with Gasteiger partial charge in [0.05, 0.1) is 29.2 Å². The van der Waals surface area contributed by atoms with Gasteiger partial charge in [0, 0.05) is 17.3 Å². The van der Waals surface area contributed by atoms with Crippen LogP contribution >= 0.6 is 0 Å². The monoisotopic (exact) mass is 488 g/mol. The van der Waals surface area contributed by atoms with Crippen LogP contribution in [0.15, 0.2) is 76.2 Å². The Morgan fingerprint density at radius 2 is 1.79 bits per heavy atom. The molecule has 10 heteroatoms. The van der Waals surface area contributed by atoms with Crippen LogP contribution in [-0.4, -0.2) is 40.3 Å². The number of rotatable bonds is 7. The van der Waals surface area contributed by atoms with Gasteiger partial charge in [0.25, 0.3) is 5.91 Å². The van der Waals surface area contributed by atoms with Crippen molar-refractivity contribution >= 4 is 31.5 Å². The van der Waals surface area contributed by atoms with E-state index in [0.29, 0.717) is 17.0 Å². The minimum absolute atomic E-state index is 0.0296. The number of hydrogen-bond donors (Lipinski definition) is 1. The zero-order valence-electron chi connectivity index (χ0n) is 18.0. The van der Waals surface area contributed by atoms with E-state index >= 15 is 0 Å². The number of sulfonamides is 1. The van der Waals surface area contributed by atoms with Gasteiger partial charge < -0.3 is 9.32 Å². The van der Waals surface area contributed by atoms with Crippen molar-refractivity contribution in [3.63, 3.8) is 0 Å². The normalized spacial score (nSPS) is 17.7. The zero-order chi connectivity index (χ0) is 23.6. The number of carbonyl (C=O) groups is 1.